The van der Waals surface area contributed by atoms with Gasteiger partial charge in [-0.05, 0) is 43.2 Å². The van der Waals surface area contributed by atoms with Crippen molar-refractivity contribution < 1.29 is 4.57 Å². The molecule has 0 amide bonds. The standard InChI is InChI=1S/C25H35BrN3/c1-27(2)22-13-11-20-17-21-12-14-23(28(3)4)19-25(21)29(24(20)18-22)16-10-8-6-5-7-9-15-26/h11-14,17-19H,5-10,15-16H2,1-4H3/q+1. The summed E-state index contributed by atoms with van der Waals surface area (Å²) in [6.45, 7) is 1.07. The number of benzene rings is 2. The van der Waals surface area contributed by atoms with Crippen LogP contribution in [-0.2, 0) is 6.54 Å². The van der Waals surface area contributed by atoms with Crippen LogP contribution in [0.4, 0.5) is 11.4 Å². The largest absolute Gasteiger partial charge is 0.377 e. The number of alkyl halides is 1. The number of nitrogens with zero attached hydrogens (tertiary/aromatic N) is 3. The average molecular weight is 457 g/mol. The van der Waals surface area contributed by atoms with E-state index in [-0.39, 0.29) is 0 Å². The zero-order valence-electron chi connectivity index (χ0n) is 18.4. The second kappa shape index (κ2) is 10.3. The van der Waals surface area contributed by atoms with Crippen molar-refractivity contribution in [1.29, 1.82) is 0 Å². The van der Waals surface area contributed by atoms with Gasteiger partial charge in [-0.1, -0.05) is 35.2 Å². The summed E-state index contributed by atoms with van der Waals surface area (Å²) in [5.41, 5.74) is 5.17. The predicted octanol–water partition coefficient (Wildman–Crippen LogP) is 6.15. The normalized spacial score (nSPS) is 11.3. The summed E-state index contributed by atoms with van der Waals surface area (Å²) in [4.78, 5) is 4.38. The van der Waals surface area contributed by atoms with Crippen molar-refractivity contribution in [3.8, 4) is 0 Å². The molecule has 3 aromatic rings. The monoisotopic (exact) mass is 456 g/mol. The van der Waals surface area contributed by atoms with Gasteiger partial charge in [0.1, 0.15) is 6.54 Å². The van der Waals surface area contributed by atoms with Crippen LogP contribution in [-0.4, -0.2) is 33.5 Å². The van der Waals surface area contributed by atoms with Crippen LogP contribution < -0.4 is 14.4 Å². The topological polar surface area (TPSA) is 10.4 Å². The fourth-order valence-electron chi connectivity index (χ4n) is 3.94. The van der Waals surface area contributed by atoms with Crippen LogP contribution in [0, 0.1) is 0 Å². The van der Waals surface area contributed by atoms with Gasteiger partial charge in [0.2, 0.25) is 11.0 Å². The number of hydrogen-bond acceptors (Lipinski definition) is 2. The van der Waals surface area contributed by atoms with Crippen LogP contribution in [0.25, 0.3) is 21.8 Å². The molecule has 0 radical (unpaired) electrons. The Balaban J connectivity index is 1.95. The molecule has 0 fully saturated rings. The van der Waals surface area contributed by atoms with Gasteiger partial charge in [0, 0.05) is 74.2 Å². The van der Waals surface area contributed by atoms with E-state index in [9.17, 15) is 0 Å². The smallest absolute Gasteiger partial charge is 0.215 e. The molecule has 1 heterocycles. The number of aryl methyl sites for hydroxylation is 1. The maximum absolute atomic E-state index is 3.53. The number of pyridine rings is 1. The zero-order chi connectivity index (χ0) is 20.8. The number of aromatic nitrogens is 1. The van der Waals surface area contributed by atoms with Gasteiger partial charge in [-0.3, -0.25) is 0 Å². The lowest BCUT2D eigenvalue weighted by atomic mass is 10.1. The van der Waals surface area contributed by atoms with Crippen molar-refractivity contribution in [2.45, 2.75) is 45.1 Å². The quantitative estimate of drug-likeness (QED) is 0.157. The predicted molar refractivity (Wildman–Crippen MR) is 132 cm³/mol. The van der Waals surface area contributed by atoms with E-state index in [2.05, 4.69) is 101 Å². The zero-order valence-corrected chi connectivity index (χ0v) is 20.0. The molecule has 2 aromatic carbocycles. The molecule has 0 aliphatic heterocycles. The van der Waals surface area contributed by atoms with Crippen LogP contribution in [0.5, 0.6) is 0 Å². The number of rotatable bonds is 10. The highest BCUT2D eigenvalue weighted by atomic mass is 79.9. The van der Waals surface area contributed by atoms with Gasteiger partial charge in [0.05, 0.1) is 0 Å². The SMILES string of the molecule is CN(C)c1ccc2cc3ccc(N(C)C)cc3[n+](CCCCCCCCBr)c2c1. The number of halogens is 1. The molecule has 0 aliphatic rings. The van der Waals surface area contributed by atoms with E-state index in [0.29, 0.717) is 0 Å². The molecular weight excluding hydrogens is 422 g/mol. The van der Waals surface area contributed by atoms with Gasteiger partial charge in [-0.15, -0.1) is 0 Å². The number of fused-ring (bicyclic) bond motifs is 2. The van der Waals surface area contributed by atoms with Crippen LogP contribution in [0.15, 0.2) is 42.5 Å². The molecule has 29 heavy (non-hydrogen) atoms. The summed E-state index contributed by atoms with van der Waals surface area (Å²) in [5, 5.41) is 3.77. The van der Waals surface area contributed by atoms with Crippen molar-refractivity contribution >= 4 is 49.1 Å². The van der Waals surface area contributed by atoms with E-state index in [4.69, 9.17) is 0 Å². The third-order valence-electron chi connectivity index (χ3n) is 5.72. The fourth-order valence-corrected chi connectivity index (χ4v) is 4.34. The first kappa shape index (κ1) is 21.9. The highest BCUT2D eigenvalue weighted by Crippen LogP contribution is 2.25. The van der Waals surface area contributed by atoms with Gasteiger partial charge in [-0.25, -0.2) is 0 Å². The van der Waals surface area contributed by atoms with Crippen molar-refractivity contribution in [1.82, 2.24) is 0 Å². The Morgan fingerprint density at radius 2 is 1.14 bits per heavy atom. The van der Waals surface area contributed by atoms with E-state index in [1.807, 2.05) is 0 Å². The van der Waals surface area contributed by atoms with Gasteiger partial charge in [0.25, 0.3) is 0 Å². The Labute approximate surface area is 184 Å². The van der Waals surface area contributed by atoms with Crippen LogP contribution in [0.1, 0.15) is 38.5 Å². The molecule has 0 saturated carbocycles. The number of anilines is 2. The Bertz CT molecular complexity index is 884. The summed E-state index contributed by atoms with van der Waals surface area (Å²) in [6, 6.07) is 16.0. The third-order valence-corrected chi connectivity index (χ3v) is 6.28. The molecule has 0 aliphatic carbocycles. The fraction of sp³-hybridized carbons (Fsp3) is 0.480. The Morgan fingerprint density at radius 3 is 1.62 bits per heavy atom. The Morgan fingerprint density at radius 1 is 0.655 bits per heavy atom. The lowest BCUT2D eigenvalue weighted by Crippen LogP contribution is -2.36. The Kier molecular flexibility index (Phi) is 7.77. The van der Waals surface area contributed by atoms with E-state index in [1.165, 1.54) is 71.7 Å². The summed E-state index contributed by atoms with van der Waals surface area (Å²) >= 11 is 3.53. The summed E-state index contributed by atoms with van der Waals surface area (Å²) in [7, 11) is 8.46. The van der Waals surface area contributed by atoms with Crippen molar-refractivity contribution in [3.63, 3.8) is 0 Å². The first-order valence-electron chi connectivity index (χ1n) is 10.8. The molecule has 1 aromatic heterocycles. The minimum Gasteiger partial charge on any atom is -0.377 e. The van der Waals surface area contributed by atoms with Gasteiger partial charge in [-0.2, -0.15) is 4.57 Å². The molecule has 0 bridgehead atoms. The van der Waals surface area contributed by atoms with Crippen LogP contribution in [0.2, 0.25) is 0 Å². The molecule has 0 unspecified atom stereocenters. The number of unbranched alkanes of at least 4 members (excludes halogenated alkanes) is 5. The highest BCUT2D eigenvalue weighted by molar-refractivity contribution is 9.09. The molecule has 0 atom stereocenters. The van der Waals surface area contributed by atoms with E-state index in [0.717, 1.165) is 11.9 Å². The molecule has 0 N–H and O–H groups in total. The third kappa shape index (κ3) is 5.42. The second-order valence-corrected chi connectivity index (χ2v) is 9.17. The van der Waals surface area contributed by atoms with Crippen molar-refractivity contribution in [2.24, 2.45) is 0 Å². The molecule has 4 heteroatoms. The van der Waals surface area contributed by atoms with Crippen molar-refractivity contribution in [2.75, 3.05) is 43.3 Å². The highest BCUT2D eigenvalue weighted by Gasteiger charge is 2.17. The number of hydrogen-bond donors (Lipinski definition) is 0. The van der Waals surface area contributed by atoms with Gasteiger partial charge in [0.15, 0.2) is 0 Å². The minimum absolute atomic E-state index is 1.07. The molecule has 3 nitrogen and oxygen atoms in total. The minimum atomic E-state index is 1.07. The van der Waals surface area contributed by atoms with Crippen LogP contribution in [0.3, 0.4) is 0 Å². The lowest BCUT2D eigenvalue weighted by Gasteiger charge is -2.15. The lowest BCUT2D eigenvalue weighted by molar-refractivity contribution is -0.645. The van der Waals surface area contributed by atoms with Gasteiger partial charge >= 0.3 is 0 Å². The first-order chi connectivity index (χ1) is 14.0. The molecule has 0 spiro atoms. The second-order valence-electron chi connectivity index (χ2n) is 8.38. The maximum Gasteiger partial charge on any atom is 0.215 e. The van der Waals surface area contributed by atoms with E-state index < -0.39 is 0 Å². The molecule has 156 valence electrons. The Hall–Kier alpha value is -1.81. The summed E-state index contributed by atoms with van der Waals surface area (Å²) < 4.78 is 2.54. The molecule has 3 rings (SSSR count). The maximum atomic E-state index is 3.53. The summed E-state index contributed by atoms with van der Waals surface area (Å²) in [5.74, 6) is 0. The average Bonchev–Trinajstić information content (AvgIpc) is 2.71. The van der Waals surface area contributed by atoms with Gasteiger partial charge < -0.3 is 9.80 Å². The molecular formula is C25H35BrN3+. The van der Waals surface area contributed by atoms with Crippen molar-refractivity contribution in [3.05, 3.63) is 42.5 Å². The molecule has 0 saturated heterocycles. The van der Waals surface area contributed by atoms with E-state index in [1.54, 1.807) is 0 Å². The first-order valence-corrected chi connectivity index (χ1v) is 11.9. The van der Waals surface area contributed by atoms with Crippen LogP contribution >= 0.6 is 15.9 Å². The summed E-state index contributed by atoms with van der Waals surface area (Å²) in [6.07, 6.45) is 7.85. The van der Waals surface area contributed by atoms with E-state index >= 15 is 0 Å².